The van der Waals surface area contributed by atoms with Gasteiger partial charge in [-0.1, -0.05) is 0 Å². The molecule has 1 aliphatic rings. The van der Waals surface area contributed by atoms with Gasteiger partial charge in [-0.25, -0.2) is 8.78 Å². The highest BCUT2D eigenvalue weighted by Gasteiger charge is 2.40. The molecule has 0 radical (unpaired) electrons. The minimum absolute atomic E-state index is 0.0168. The first kappa shape index (κ1) is 14.9. The quantitative estimate of drug-likeness (QED) is 0.776. The molecule has 0 saturated heterocycles. The van der Waals surface area contributed by atoms with E-state index in [4.69, 9.17) is 0 Å². The Morgan fingerprint density at radius 3 is 2.10 bits per heavy atom. The van der Waals surface area contributed by atoms with Crippen LogP contribution in [0.3, 0.4) is 0 Å². The third kappa shape index (κ3) is 2.54. The summed E-state index contributed by atoms with van der Waals surface area (Å²) in [5.41, 5.74) is -0.0661. The normalized spacial score (nSPS) is 16.9. The largest absolute Gasteiger partial charge is 0.368 e. The average Bonchev–Trinajstić information content (AvgIpc) is 2.32. The second kappa shape index (κ2) is 5.48. The maximum atomic E-state index is 14.0. The van der Waals surface area contributed by atoms with Crippen LogP contribution >= 0.6 is 0 Å². The maximum absolute atomic E-state index is 14.0. The Kier molecular flexibility index (Phi) is 4.09. The molecule has 1 fully saturated rings. The molecule has 1 aliphatic carbocycles. The van der Waals surface area contributed by atoms with Gasteiger partial charge in [-0.15, -0.1) is 0 Å². The molecule has 0 atom stereocenters. The molecule has 0 heterocycles. The van der Waals surface area contributed by atoms with Gasteiger partial charge in [0.25, 0.3) is 0 Å². The van der Waals surface area contributed by atoms with E-state index >= 15 is 0 Å². The van der Waals surface area contributed by atoms with Gasteiger partial charge < -0.3 is 9.80 Å². The van der Waals surface area contributed by atoms with E-state index in [-0.39, 0.29) is 16.8 Å². The average molecular weight is 282 g/mol. The second-order valence-corrected chi connectivity index (χ2v) is 5.78. The zero-order valence-corrected chi connectivity index (χ0v) is 12.1. The highest BCUT2D eigenvalue weighted by molar-refractivity contribution is 5.76. The van der Waals surface area contributed by atoms with E-state index in [0.29, 0.717) is 12.8 Å². The SMILES string of the molecule is CN(CC1(N(C)C)CCC1)c1c(F)cc(C=O)cc1F. The first-order chi connectivity index (χ1) is 9.39. The summed E-state index contributed by atoms with van der Waals surface area (Å²) >= 11 is 0. The Balaban J connectivity index is 2.25. The van der Waals surface area contributed by atoms with Crippen molar-refractivity contribution in [2.75, 3.05) is 32.6 Å². The molecule has 0 N–H and O–H groups in total. The van der Waals surface area contributed by atoms with Crippen LogP contribution in [0.4, 0.5) is 14.5 Å². The first-order valence-corrected chi connectivity index (χ1v) is 6.72. The topological polar surface area (TPSA) is 23.6 Å². The zero-order chi connectivity index (χ0) is 14.9. The fourth-order valence-corrected chi connectivity index (χ4v) is 2.87. The summed E-state index contributed by atoms with van der Waals surface area (Å²) in [7, 11) is 5.68. The maximum Gasteiger partial charge on any atom is 0.150 e. The van der Waals surface area contributed by atoms with Crippen LogP contribution < -0.4 is 4.90 Å². The van der Waals surface area contributed by atoms with Crippen LogP contribution in [0, 0.1) is 11.6 Å². The van der Waals surface area contributed by atoms with Crippen molar-refractivity contribution < 1.29 is 13.6 Å². The van der Waals surface area contributed by atoms with Crippen molar-refractivity contribution in [2.24, 2.45) is 0 Å². The van der Waals surface area contributed by atoms with Crippen molar-refractivity contribution in [3.63, 3.8) is 0 Å². The van der Waals surface area contributed by atoms with Crippen LogP contribution in [0.1, 0.15) is 29.6 Å². The van der Waals surface area contributed by atoms with Crippen molar-refractivity contribution in [2.45, 2.75) is 24.8 Å². The molecule has 0 amide bonds. The summed E-state index contributed by atoms with van der Waals surface area (Å²) in [6.45, 7) is 0.564. The van der Waals surface area contributed by atoms with Gasteiger partial charge in [-0.3, -0.25) is 4.79 Å². The van der Waals surface area contributed by atoms with E-state index in [1.165, 1.54) is 0 Å². The Morgan fingerprint density at radius 2 is 1.75 bits per heavy atom. The molecule has 0 spiro atoms. The minimum Gasteiger partial charge on any atom is -0.368 e. The summed E-state index contributed by atoms with van der Waals surface area (Å²) in [4.78, 5) is 14.3. The van der Waals surface area contributed by atoms with Crippen molar-refractivity contribution in [3.8, 4) is 0 Å². The fraction of sp³-hybridized carbons (Fsp3) is 0.533. The molecule has 110 valence electrons. The number of hydrogen-bond donors (Lipinski definition) is 0. The Bertz CT molecular complexity index is 490. The molecule has 1 aromatic rings. The highest BCUT2D eigenvalue weighted by atomic mass is 19.1. The Morgan fingerprint density at radius 1 is 1.20 bits per heavy atom. The molecule has 20 heavy (non-hydrogen) atoms. The number of anilines is 1. The Labute approximate surface area is 118 Å². The third-order valence-corrected chi connectivity index (χ3v) is 4.32. The lowest BCUT2D eigenvalue weighted by Gasteiger charge is -2.49. The summed E-state index contributed by atoms with van der Waals surface area (Å²) in [6, 6.07) is 2.15. The standard InChI is InChI=1S/C15H20F2N2O/c1-18(2)15(5-4-6-15)10-19(3)14-12(16)7-11(9-20)8-13(14)17/h7-9H,4-6,10H2,1-3H3. The molecule has 0 unspecified atom stereocenters. The van der Waals surface area contributed by atoms with Crippen molar-refractivity contribution >= 4 is 12.0 Å². The van der Waals surface area contributed by atoms with Crippen molar-refractivity contribution in [1.82, 2.24) is 4.90 Å². The van der Waals surface area contributed by atoms with Gasteiger partial charge in [-0.2, -0.15) is 0 Å². The highest BCUT2D eigenvalue weighted by Crippen LogP contribution is 2.38. The summed E-state index contributed by atoms with van der Waals surface area (Å²) in [5.74, 6) is -1.38. The molecule has 0 aromatic heterocycles. The molecule has 5 heteroatoms. The number of benzene rings is 1. The summed E-state index contributed by atoms with van der Waals surface area (Å²) < 4.78 is 28.0. The number of aldehydes is 1. The smallest absolute Gasteiger partial charge is 0.150 e. The lowest BCUT2D eigenvalue weighted by molar-refractivity contribution is 0.0680. The van der Waals surface area contributed by atoms with Crippen LogP contribution in [-0.4, -0.2) is 44.4 Å². The van der Waals surface area contributed by atoms with Gasteiger partial charge in [0.2, 0.25) is 0 Å². The van der Waals surface area contributed by atoms with E-state index < -0.39 is 11.6 Å². The van der Waals surface area contributed by atoms with Crippen molar-refractivity contribution in [3.05, 3.63) is 29.3 Å². The van der Waals surface area contributed by atoms with E-state index in [2.05, 4.69) is 4.90 Å². The lowest BCUT2D eigenvalue weighted by atomic mass is 9.75. The number of rotatable bonds is 5. The molecular formula is C15H20F2N2O. The van der Waals surface area contributed by atoms with Gasteiger partial charge in [0.1, 0.15) is 23.6 Å². The zero-order valence-electron chi connectivity index (χ0n) is 12.1. The summed E-state index contributed by atoms with van der Waals surface area (Å²) in [6.07, 6.45) is 3.64. The lowest BCUT2D eigenvalue weighted by Crippen LogP contribution is -2.57. The monoisotopic (exact) mass is 282 g/mol. The van der Waals surface area contributed by atoms with Crippen LogP contribution in [0.25, 0.3) is 0 Å². The first-order valence-electron chi connectivity index (χ1n) is 6.72. The van der Waals surface area contributed by atoms with Crippen LogP contribution in [0.5, 0.6) is 0 Å². The number of halogens is 2. The van der Waals surface area contributed by atoms with Gasteiger partial charge in [0.15, 0.2) is 0 Å². The third-order valence-electron chi connectivity index (χ3n) is 4.32. The minimum atomic E-state index is -0.692. The number of hydrogen-bond acceptors (Lipinski definition) is 3. The van der Waals surface area contributed by atoms with E-state index in [1.807, 2.05) is 14.1 Å². The predicted molar refractivity (Wildman–Crippen MR) is 75.3 cm³/mol. The van der Waals surface area contributed by atoms with E-state index in [9.17, 15) is 13.6 Å². The second-order valence-electron chi connectivity index (χ2n) is 5.78. The van der Waals surface area contributed by atoms with E-state index in [0.717, 1.165) is 31.4 Å². The molecule has 2 rings (SSSR count). The molecule has 0 bridgehead atoms. The number of carbonyl (C=O) groups is 1. The fourth-order valence-electron chi connectivity index (χ4n) is 2.87. The molecule has 0 aliphatic heterocycles. The van der Waals surface area contributed by atoms with Gasteiger partial charge in [-0.05, 0) is 45.5 Å². The van der Waals surface area contributed by atoms with Gasteiger partial charge in [0.05, 0.1) is 0 Å². The molecule has 3 nitrogen and oxygen atoms in total. The predicted octanol–water partition coefficient (Wildman–Crippen LogP) is 2.70. The van der Waals surface area contributed by atoms with Gasteiger partial charge >= 0.3 is 0 Å². The Hall–Kier alpha value is -1.49. The van der Waals surface area contributed by atoms with Crippen LogP contribution in [0.2, 0.25) is 0 Å². The van der Waals surface area contributed by atoms with Crippen LogP contribution in [0.15, 0.2) is 12.1 Å². The van der Waals surface area contributed by atoms with E-state index in [1.54, 1.807) is 11.9 Å². The van der Waals surface area contributed by atoms with Gasteiger partial charge in [0, 0.05) is 24.7 Å². The van der Waals surface area contributed by atoms with Crippen molar-refractivity contribution in [1.29, 1.82) is 0 Å². The number of nitrogens with zero attached hydrogens (tertiary/aromatic N) is 2. The molecule has 1 saturated carbocycles. The summed E-state index contributed by atoms with van der Waals surface area (Å²) in [5, 5.41) is 0. The number of carbonyl (C=O) groups excluding carboxylic acids is 1. The number of likely N-dealkylation sites (N-methyl/N-ethyl adjacent to an activating group) is 2. The van der Waals surface area contributed by atoms with Crippen LogP contribution in [-0.2, 0) is 0 Å². The molecular weight excluding hydrogens is 262 g/mol. The molecule has 1 aromatic carbocycles.